The van der Waals surface area contributed by atoms with Gasteiger partial charge in [0, 0.05) is 0 Å². The van der Waals surface area contributed by atoms with Crippen LogP contribution in [0.3, 0.4) is 0 Å². The van der Waals surface area contributed by atoms with Gasteiger partial charge in [-0.25, -0.2) is 0 Å². The number of unbranched alkanes of at least 4 members (excludes halogenated alkanes) is 13. The fourth-order valence-corrected chi connectivity index (χ4v) is 3.24. The molecule has 0 aromatic heterocycles. The number of rotatable bonds is 19. The highest BCUT2D eigenvalue weighted by atomic mass is 32.3. The molecule has 0 heterocycles. The van der Waals surface area contributed by atoms with Crippen molar-refractivity contribution in [3.8, 4) is 0 Å². The summed E-state index contributed by atoms with van der Waals surface area (Å²) in [5.41, 5.74) is 0. The predicted molar refractivity (Wildman–Crippen MR) is 108 cm³/mol. The summed E-state index contributed by atoms with van der Waals surface area (Å²) >= 11 is 0. The summed E-state index contributed by atoms with van der Waals surface area (Å²) in [6.07, 6.45) is 16.8. The summed E-state index contributed by atoms with van der Waals surface area (Å²) in [5.74, 6) is -1.77. The topological polar surface area (TPSA) is 107 Å². The van der Waals surface area contributed by atoms with Gasteiger partial charge in [-0.05, 0) is 6.42 Å². The van der Waals surface area contributed by atoms with Crippen LogP contribution in [0, 0.1) is 0 Å². The monoisotopic (exact) mass is 422 g/mol. The van der Waals surface area contributed by atoms with Crippen LogP contribution < -0.4 is 0 Å². The fraction of sp³-hybridized carbons (Fsp3) is 0.900. The Balaban J connectivity index is 3.30. The predicted octanol–water partition coefficient (Wildman–Crippen LogP) is 5.14. The van der Waals surface area contributed by atoms with Gasteiger partial charge in [-0.2, -0.15) is 8.42 Å². The zero-order valence-corrected chi connectivity index (χ0v) is 18.1. The van der Waals surface area contributed by atoms with Crippen molar-refractivity contribution in [3.63, 3.8) is 0 Å². The maximum absolute atomic E-state index is 11.4. The maximum Gasteiger partial charge on any atom is 0.448 e. The molecule has 0 spiro atoms. The Hall–Kier alpha value is -1.15. The lowest BCUT2D eigenvalue weighted by Crippen LogP contribution is -2.14. The minimum absolute atomic E-state index is 0.271. The van der Waals surface area contributed by atoms with Gasteiger partial charge < -0.3 is 8.92 Å². The molecule has 0 saturated carbocycles. The largest absolute Gasteiger partial charge is 0.466 e. The lowest BCUT2D eigenvalue weighted by Gasteiger charge is -2.05. The molecular formula is C20H38O7S. The lowest BCUT2D eigenvalue weighted by atomic mass is 10.0. The Morgan fingerprint density at radius 2 is 1.07 bits per heavy atom. The molecule has 0 atom stereocenters. The van der Waals surface area contributed by atoms with Gasteiger partial charge in [0.05, 0.1) is 19.4 Å². The third-order valence-corrected chi connectivity index (χ3v) is 4.89. The van der Waals surface area contributed by atoms with Crippen LogP contribution in [0.25, 0.3) is 0 Å². The van der Waals surface area contributed by atoms with E-state index in [1.54, 1.807) is 0 Å². The molecule has 0 rings (SSSR count). The van der Waals surface area contributed by atoms with Crippen molar-refractivity contribution >= 4 is 22.3 Å². The molecule has 0 bridgehead atoms. The van der Waals surface area contributed by atoms with Crippen LogP contribution in [-0.2, 0) is 28.9 Å². The normalized spacial score (nSPS) is 11.4. The van der Waals surface area contributed by atoms with E-state index in [4.69, 9.17) is 9.29 Å². The molecule has 7 nitrogen and oxygen atoms in total. The molecular weight excluding hydrogens is 384 g/mol. The van der Waals surface area contributed by atoms with E-state index < -0.39 is 28.8 Å². The molecule has 0 fully saturated rings. The van der Waals surface area contributed by atoms with Gasteiger partial charge in [-0.1, -0.05) is 90.4 Å². The minimum Gasteiger partial charge on any atom is -0.466 e. The fourth-order valence-electron chi connectivity index (χ4n) is 2.92. The highest BCUT2D eigenvalue weighted by Gasteiger charge is 2.15. The molecule has 0 aliphatic heterocycles. The summed E-state index contributed by atoms with van der Waals surface area (Å²) in [7, 11) is -4.82. The Bertz CT molecular complexity index is 503. The maximum atomic E-state index is 11.4. The van der Waals surface area contributed by atoms with E-state index >= 15 is 0 Å². The third-order valence-electron chi connectivity index (χ3n) is 4.49. The third kappa shape index (κ3) is 21.2. The van der Waals surface area contributed by atoms with Crippen molar-refractivity contribution in [2.75, 3.05) is 6.61 Å². The molecule has 0 aromatic rings. The van der Waals surface area contributed by atoms with E-state index in [0.29, 0.717) is 6.61 Å². The number of hydrogen-bond acceptors (Lipinski definition) is 6. The average molecular weight is 423 g/mol. The van der Waals surface area contributed by atoms with Crippen molar-refractivity contribution in [2.24, 2.45) is 0 Å². The molecule has 0 radical (unpaired) electrons. The van der Waals surface area contributed by atoms with E-state index in [2.05, 4.69) is 11.1 Å². The van der Waals surface area contributed by atoms with E-state index in [0.717, 1.165) is 19.3 Å². The minimum atomic E-state index is -4.82. The second kappa shape index (κ2) is 17.9. The lowest BCUT2D eigenvalue weighted by molar-refractivity contribution is -0.147. The van der Waals surface area contributed by atoms with Gasteiger partial charge in [-0.3, -0.25) is 14.1 Å². The molecule has 0 amide bonds. The first kappa shape index (κ1) is 26.9. The molecule has 1 N–H and O–H groups in total. The molecule has 8 heteroatoms. The zero-order valence-electron chi connectivity index (χ0n) is 17.3. The first-order valence-corrected chi connectivity index (χ1v) is 12.1. The van der Waals surface area contributed by atoms with Crippen molar-refractivity contribution in [1.29, 1.82) is 0 Å². The van der Waals surface area contributed by atoms with Crippen molar-refractivity contribution in [2.45, 2.75) is 110 Å². The van der Waals surface area contributed by atoms with E-state index in [-0.39, 0.29) is 6.42 Å². The smallest absolute Gasteiger partial charge is 0.448 e. The first-order valence-electron chi connectivity index (χ1n) is 10.7. The summed E-state index contributed by atoms with van der Waals surface area (Å²) in [6, 6.07) is 0. The van der Waals surface area contributed by atoms with Crippen LogP contribution in [0.1, 0.15) is 110 Å². The van der Waals surface area contributed by atoms with Gasteiger partial charge in [0.1, 0.15) is 0 Å². The average Bonchev–Trinajstić information content (AvgIpc) is 2.62. The molecule has 0 aliphatic rings. The second-order valence-electron chi connectivity index (χ2n) is 7.20. The molecule has 0 unspecified atom stereocenters. The highest BCUT2D eigenvalue weighted by Crippen LogP contribution is 2.13. The van der Waals surface area contributed by atoms with Gasteiger partial charge in [0.15, 0.2) is 0 Å². The molecule has 166 valence electrons. The summed E-state index contributed by atoms with van der Waals surface area (Å²) in [5, 5.41) is 0. The first-order chi connectivity index (χ1) is 13.3. The van der Waals surface area contributed by atoms with Crippen LogP contribution in [0.2, 0.25) is 0 Å². The quantitative estimate of drug-likeness (QED) is 0.174. The number of hydrogen-bond donors (Lipinski definition) is 1. The number of esters is 1. The highest BCUT2D eigenvalue weighted by molar-refractivity contribution is 7.81. The van der Waals surface area contributed by atoms with Gasteiger partial charge in [0.25, 0.3) is 0 Å². The Morgan fingerprint density at radius 3 is 1.50 bits per heavy atom. The van der Waals surface area contributed by atoms with Crippen LogP contribution in [0.4, 0.5) is 0 Å². The van der Waals surface area contributed by atoms with Crippen LogP contribution >= 0.6 is 0 Å². The van der Waals surface area contributed by atoms with E-state index in [1.807, 2.05) is 0 Å². The molecule has 0 saturated heterocycles. The Morgan fingerprint density at radius 1 is 0.679 bits per heavy atom. The molecule has 28 heavy (non-hydrogen) atoms. The summed E-state index contributed by atoms with van der Waals surface area (Å²) in [4.78, 5) is 22.4. The van der Waals surface area contributed by atoms with Crippen molar-refractivity contribution in [1.82, 2.24) is 0 Å². The van der Waals surface area contributed by atoms with Gasteiger partial charge >= 0.3 is 22.3 Å². The summed E-state index contributed by atoms with van der Waals surface area (Å²) in [6.45, 7) is 2.54. The Kier molecular flexibility index (Phi) is 17.2. The van der Waals surface area contributed by atoms with Gasteiger partial charge in [-0.15, -0.1) is 0 Å². The van der Waals surface area contributed by atoms with Crippen molar-refractivity contribution in [3.05, 3.63) is 0 Å². The van der Waals surface area contributed by atoms with Crippen LogP contribution in [-0.4, -0.2) is 31.5 Å². The SMILES string of the molecule is CCCCCCCCCCCCCCCCOC(=O)CCC(=O)OS(=O)(=O)O. The second-order valence-corrected chi connectivity index (χ2v) is 8.22. The standard InChI is InChI=1S/C20H38O7S/c1-2-3-4-5-6-7-8-9-10-11-12-13-14-15-18-26-19(21)16-17-20(22)27-28(23,24)25/h2-18H2,1H3,(H,23,24,25). The van der Waals surface area contributed by atoms with Crippen LogP contribution in [0.5, 0.6) is 0 Å². The number of carbonyl (C=O) groups excluding carboxylic acids is 2. The van der Waals surface area contributed by atoms with Crippen LogP contribution in [0.15, 0.2) is 0 Å². The zero-order chi connectivity index (χ0) is 21.1. The van der Waals surface area contributed by atoms with E-state index in [1.165, 1.54) is 70.6 Å². The van der Waals surface area contributed by atoms with Gasteiger partial charge in [0.2, 0.25) is 0 Å². The number of ether oxygens (including phenoxy) is 1. The molecule has 0 aliphatic carbocycles. The summed E-state index contributed by atoms with van der Waals surface area (Å²) < 4.78 is 37.6. The van der Waals surface area contributed by atoms with Crippen molar-refractivity contribution < 1.29 is 31.5 Å². The number of carbonyl (C=O) groups is 2. The van der Waals surface area contributed by atoms with E-state index in [9.17, 15) is 18.0 Å². The molecule has 0 aromatic carbocycles. The Labute approximate surface area is 170 Å².